The first-order valence-electron chi connectivity index (χ1n) is 1.19. The van der Waals surface area contributed by atoms with Crippen LogP contribution in [0, 0.1) is 0 Å². The molecule has 0 rings (SSSR count). The minimum absolute atomic E-state index is 0. The molecule has 0 aromatic carbocycles. The summed E-state index contributed by atoms with van der Waals surface area (Å²) in [7, 11) is 0. The van der Waals surface area contributed by atoms with Gasteiger partial charge in [0, 0.05) is 0 Å². The molecular weight excluding hydrogens is 178 g/mol. The molecule has 0 heterocycles. The predicted molar refractivity (Wildman–Crippen MR) is 16.7 cm³/mol. The van der Waals surface area contributed by atoms with Crippen molar-refractivity contribution >= 4 is 5.97 Å². The van der Waals surface area contributed by atoms with Crippen molar-refractivity contribution in [1.29, 1.82) is 0 Å². The van der Waals surface area contributed by atoms with Crippen LogP contribution in [0.25, 0.3) is 0 Å². The van der Waals surface area contributed by atoms with Gasteiger partial charge in [0.25, 0.3) is 0 Å². The Hall–Kier alpha value is 0.170. The summed E-state index contributed by atoms with van der Waals surface area (Å²) in [5, 5.41) is 7.60. The van der Waals surface area contributed by atoms with Crippen LogP contribution in [0.1, 0.15) is 0 Å². The number of aliphatic carboxylic acids is 1. The molecule has 0 saturated carbocycles. The Kier molecular flexibility index (Phi) is 8.17. The van der Waals surface area contributed by atoms with Crippen molar-refractivity contribution in [2.75, 3.05) is 6.54 Å². The van der Waals surface area contributed by atoms with Crippen molar-refractivity contribution in [2.45, 2.75) is 0 Å². The quantitative estimate of drug-likeness (QED) is 0.514. The van der Waals surface area contributed by atoms with Crippen LogP contribution in [-0.4, -0.2) is 17.6 Å². The summed E-state index contributed by atoms with van der Waals surface area (Å²) in [6.07, 6.45) is 0. The average molecular weight is 183 g/mol. The summed E-state index contributed by atoms with van der Waals surface area (Å²) in [6, 6.07) is 0. The number of carbonyl (C=O) groups is 1. The van der Waals surface area contributed by atoms with Crippen LogP contribution < -0.4 is 5.73 Å². The Morgan fingerprint density at radius 2 is 2.00 bits per heavy atom. The number of carboxylic acids is 1. The molecule has 0 aliphatic rings. The summed E-state index contributed by atoms with van der Waals surface area (Å²) in [4.78, 5) is 9.24. The molecule has 6 heavy (non-hydrogen) atoms. The molecule has 0 saturated heterocycles. The van der Waals surface area contributed by atoms with Gasteiger partial charge in [0.15, 0.2) is 0 Å². The first kappa shape index (κ1) is 9.48. The number of hydrogen-bond acceptors (Lipinski definition) is 2. The normalized spacial score (nSPS) is 6.17. The molecule has 0 radical (unpaired) electrons. The first-order valence-corrected chi connectivity index (χ1v) is 1.19. The van der Waals surface area contributed by atoms with Crippen molar-refractivity contribution in [3.63, 3.8) is 0 Å². The third kappa shape index (κ3) is 8.90. The van der Waals surface area contributed by atoms with Gasteiger partial charge in [-0.3, -0.25) is 4.79 Å². The van der Waals surface area contributed by atoms with Gasteiger partial charge in [-0.05, 0) is 0 Å². The van der Waals surface area contributed by atoms with Crippen molar-refractivity contribution in [3.05, 3.63) is 0 Å². The van der Waals surface area contributed by atoms with Crippen LogP contribution in [0.5, 0.6) is 0 Å². The topological polar surface area (TPSA) is 63.3 Å². The second-order valence-corrected chi connectivity index (χ2v) is 0.598. The van der Waals surface area contributed by atoms with Gasteiger partial charge in [-0.25, -0.2) is 0 Å². The molecule has 3 nitrogen and oxygen atoms in total. The number of hydrogen-bond donors (Lipinski definition) is 2. The van der Waals surface area contributed by atoms with Gasteiger partial charge < -0.3 is 10.8 Å². The van der Waals surface area contributed by atoms with Crippen LogP contribution in [-0.2, 0) is 27.2 Å². The molecule has 0 spiro atoms. The zero-order valence-corrected chi connectivity index (χ0v) is 4.42. The molecule has 0 aromatic rings. The third-order valence-electron chi connectivity index (χ3n) is 0.175. The minimum atomic E-state index is -0.968. The summed E-state index contributed by atoms with van der Waals surface area (Å²) < 4.78 is 0. The van der Waals surface area contributed by atoms with Crippen LogP contribution >= 0.6 is 0 Å². The molecule has 0 unspecified atom stereocenters. The maximum atomic E-state index is 9.24. The van der Waals surface area contributed by atoms with Gasteiger partial charge in [-0.1, -0.05) is 0 Å². The van der Waals surface area contributed by atoms with E-state index in [1.54, 1.807) is 0 Å². The molecule has 0 atom stereocenters. The van der Waals surface area contributed by atoms with Gasteiger partial charge in [-0.2, -0.15) is 0 Å². The van der Waals surface area contributed by atoms with E-state index in [4.69, 9.17) is 5.11 Å². The van der Waals surface area contributed by atoms with Gasteiger partial charge in [0.05, 0.1) is 6.54 Å². The van der Waals surface area contributed by atoms with Crippen molar-refractivity contribution < 1.29 is 32.3 Å². The van der Waals surface area contributed by atoms with Crippen molar-refractivity contribution in [1.82, 2.24) is 0 Å². The maximum absolute atomic E-state index is 9.24. The molecule has 40 valence electrons. The fourth-order valence-electron chi connectivity index (χ4n) is 0. The monoisotopic (exact) mass is 182 g/mol. The molecular formula is C2H5AgNO2+. The molecule has 0 aromatic heterocycles. The Labute approximate surface area is 51.0 Å². The zero-order valence-electron chi connectivity index (χ0n) is 2.94. The molecule has 0 fully saturated rings. The predicted octanol–water partition coefficient (Wildman–Crippen LogP) is -0.973. The largest absolute Gasteiger partial charge is 1.00 e. The average Bonchev–Trinajstić information content (AvgIpc) is 1.38. The van der Waals surface area contributed by atoms with Crippen molar-refractivity contribution in [3.8, 4) is 0 Å². The van der Waals surface area contributed by atoms with E-state index in [2.05, 4.69) is 5.73 Å². The van der Waals surface area contributed by atoms with Crippen molar-refractivity contribution in [2.24, 2.45) is 5.73 Å². The molecule has 0 amide bonds. The van der Waals surface area contributed by atoms with Gasteiger partial charge >= 0.3 is 28.3 Å². The molecule has 0 bridgehead atoms. The zero-order chi connectivity index (χ0) is 4.28. The minimum Gasteiger partial charge on any atom is -0.480 e. The summed E-state index contributed by atoms with van der Waals surface area (Å²) in [6.45, 7) is -0.278. The van der Waals surface area contributed by atoms with E-state index in [0.717, 1.165) is 0 Å². The Morgan fingerprint density at radius 1 is 1.83 bits per heavy atom. The molecule has 3 N–H and O–H groups in total. The first-order chi connectivity index (χ1) is 2.27. The van der Waals surface area contributed by atoms with E-state index < -0.39 is 5.97 Å². The third-order valence-corrected chi connectivity index (χ3v) is 0.175. The van der Waals surface area contributed by atoms with E-state index in [0.29, 0.717) is 0 Å². The number of carboxylic acid groups (broad SMARTS) is 1. The van der Waals surface area contributed by atoms with Crippen LogP contribution in [0.4, 0.5) is 0 Å². The molecule has 4 heteroatoms. The number of rotatable bonds is 1. The van der Waals surface area contributed by atoms with E-state index >= 15 is 0 Å². The fraction of sp³-hybridized carbons (Fsp3) is 0.500. The smallest absolute Gasteiger partial charge is 0.480 e. The second kappa shape index (κ2) is 5.17. The Bertz CT molecular complexity index is 46.8. The fourth-order valence-corrected chi connectivity index (χ4v) is 0. The van der Waals surface area contributed by atoms with Gasteiger partial charge in [0.1, 0.15) is 0 Å². The van der Waals surface area contributed by atoms with Crippen LogP contribution in [0.2, 0.25) is 0 Å². The SMILES string of the molecule is NCC(=O)O.[Ag+]. The van der Waals surface area contributed by atoms with E-state index in [1.807, 2.05) is 0 Å². The van der Waals surface area contributed by atoms with Gasteiger partial charge in [0.2, 0.25) is 0 Å². The van der Waals surface area contributed by atoms with Crippen LogP contribution in [0.3, 0.4) is 0 Å². The summed E-state index contributed by atoms with van der Waals surface area (Å²) in [5.74, 6) is -0.968. The standard InChI is InChI=1S/C2H5NO2.Ag/c3-1-2(4)5;/h1,3H2,(H,4,5);/q;+1. The number of nitrogens with two attached hydrogens (primary N) is 1. The van der Waals surface area contributed by atoms with E-state index in [1.165, 1.54) is 0 Å². The van der Waals surface area contributed by atoms with E-state index in [9.17, 15) is 4.79 Å². The van der Waals surface area contributed by atoms with Crippen LogP contribution in [0.15, 0.2) is 0 Å². The Morgan fingerprint density at radius 3 is 2.00 bits per heavy atom. The Balaban J connectivity index is 0. The molecule has 0 aliphatic heterocycles. The maximum Gasteiger partial charge on any atom is 1.00 e. The second-order valence-electron chi connectivity index (χ2n) is 0.598. The van der Waals surface area contributed by atoms with Gasteiger partial charge in [-0.15, -0.1) is 0 Å². The summed E-state index contributed by atoms with van der Waals surface area (Å²) >= 11 is 0. The van der Waals surface area contributed by atoms with E-state index in [-0.39, 0.29) is 28.9 Å². The summed E-state index contributed by atoms with van der Waals surface area (Å²) in [5.41, 5.74) is 4.57. The molecule has 0 aliphatic carbocycles.